The van der Waals surface area contributed by atoms with E-state index < -0.39 is 6.10 Å². The molecule has 0 amide bonds. The minimum atomic E-state index is -0.808. The quantitative estimate of drug-likeness (QED) is 0.0199. The number of carbonyl (C=O) groups is 3. The third-order valence-corrected chi connectivity index (χ3v) is 10.9. The minimum absolute atomic E-state index is 0.105. The monoisotopic (exact) mass is 889 g/mol. The van der Waals surface area contributed by atoms with E-state index in [-0.39, 0.29) is 37.5 Å². The van der Waals surface area contributed by atoms with Crippen molar-refractivity contribution in [2.75, 3.05) is 13.2 Å². The fourth-order valence-corrected chi connectivity index (χ4v) is 6.95. The lowest BCUT2D eigenvalue weighted by Crippen LogP contribution is -2.30. The second-order valence-electron chi connectivity index (χ2n) is 17.2. The summed E-state index contributed by atoms with van der Waals surface area (Å²) < 4.78 is 16.7. The Morgan fingerprint density at radius 2 is 0.672 bits per heavy atom. The molecule has 0 N–H and O–H groups in total. The average Bonchev–Trinajstić information content (AvgIpc) is 3.29. The first-order chi connectivity index (χ1) is 31.5. The van der Waals surface area contributed by atoms with Gasteiger partial charge >= 0.3 is 17.9 Å². The van der Waals surface area contributed by atoms with Gasteiger partial charge in [-0.2, -0.15) is 0 Å². The summed E-state index contributed by atoms with van der Waals surface area (Å²) in [5.41, 5.74) is 0. The molecule has 64 heavy (non-hydrogen) atoms. The largest absolute Gasteiger partial charge is 0.462 e. The summed E-state index contributed by atoms with van der Waals surface area (Å²) in [6.07, 6.45) is 68.2. The number of rotatable bonds is 46. The van der Waals surface area contributed by atoms with Crippen LogP contribution in [-0.2, 0) is 28.6 Å². The lowest BCUT2D eigenvalue weighted by atomic mass is 10.1. The summed E-state index contributed by atoms with van der Waals surface area (Å²) in [4.78, 5) is 38.0. The molecule has 0 heterocycles. The first-order valence-electron chi connectivity index (χ1n) is 26.3. The molecule has 0 fully saturated rings. The van der Waals surface area contributed by atoms with Crippen LogP contribution < -0.4 is 0 Å². The molecule has 1 atom stereocenters. The van der Waals surface area contributed by atoms with Gasteiger partial charge in [0, 0.05) is 19.3 Å². The van der Waals surface area contributed by atoms with E-state index in [1.807, 2.05) is 0 Å². The van der Waals surface area contributed by atoms with Crippen molar-refractivity contribution >= 4 is 17.9 Å². The Kier molecular flexibility index (Phi) is 49.0. The van der Waals surface area contributed by atoms with Crippen LogP contribution in [0.25, 0.3) is 0 Å². The van der Waals surface area contributed by atoms with Gasteiger partial charge in [0.05, 0.1) is 0 Å². The van der Waals surface area contributed by atoms with E-state index in [0.717, 1.165) is 128 Å². The second kappa shape index (κ2) is 52.0. The highest BCUT2D eigenvalue weighted by Crippen LogP contribution is 2.13. The van der Waals surface area contributed by atoms with E-state index in [1.165, 1.54) is 64.2 Å². The van der Waals surface area contributed by atoms with Crippen molar-refractivity contribution in [3.05, 3.63) is 97.2 Å². The van der Waals surface area contributed by atoms with Gasteiger partial charge in [-0.25, -0.2) is 0 Å². The van der Waals surface area contributed by atoms with Crippen molar-refractivity contribution in [3.8, 4) is 0 Å². The fraction of sp³-hybridized carbons (Fsp3) is 0.672. The molecule has 0 aliphatic rings. The van der Waals surface area contributed by atoms with Gasteiger partial charge in [0.1, 0.15) is 13.2 Å². The molecule has 0 aromatic rings. The smallest absolute Gasteiger partial charge is 0.306 e. The Hall–Kier alpha value is -3.67. The molecule has 364 valence electrons. The van der Waals surface area contributed by atoms with Crippen molar-refractivity contribution in [1.82, 2.24) is 0 Å². The van der Waals surface area contributed by atoms with Crippen molar-refractivity contribution in [1.29, 1.82) is 0 Å². The van der Waals surface area contributed by atoms with E-state index in [2.05, 4.69) is 118 Å². The predicted molar refractivity (Wildman–Crippen MR) is 274 cm³/mol. The van der Waals surface area contributed by atoms with Crippen LogP contribution in [0.2, 0.25) is 0 Å². The van der Waals surface area contributed by atoms with E-state index in [9.17, 15) is 14.4 Å². The van der Waals surface area contributed by atoms with Crippen LogP contribution in [0.1, 0.15) is 233 Å². The van der Waals surface area contributed by atoms with Gasteiger partial charge in [-0.3, -0.25) is 14.4 Å². The van der Waals surface area contributed by atoms with Crippen molar-refractivity contribution in [3.63, 3.8) is 0 Å². The number of esters is 3. The molecular weight excluding hydrogens is 793 g/mol. The van der Waals surface area contributed by atoms with Crippen molar-refractivity contribution in [2.24, 2.45) is 0 Å². The third-order valence-electron chi connectivity index (χ3n) is 10.9. The Labute approximate surface area is 394 Å². The summed E-state index contributed by atoms with van der Waals surface area (Å²) in [5.74, 6) is -0.971. The van der Waals surface area contributed by atoms with Crippen molar-refractivity contribution in [2.45, 2.75) is 239 Å². The zero-order valence-corrected chi connectivity index (χ0v) is 41.5. The third kappa shape index (κ3) is 49.3. The van der Waals surface area contributed by atoms with E-state index in [0.29, 0.717) is 12.8 Å². The average molecular weight is 889 g/mol. The highest BCUT2D eigenvalue weighted by molar-refractivity contribution is 5.71. The van der Waals surface area contributed by atoms with Gasteiger partial charge in [0.25, 0.3) is 0 Å². The van der Waals surface area contributed by atoms with E-state index in [4.69, 9.17) is 14.2 Å². The molecule has 0 rings (SSSR count). The Morgan fingerprint density at radius 1 is 0.344 bits per heavy atom. The van der Waals surface area contributed by atoms with Crippen molar-refractivity contribution < 1.29 is 28.6 Å². The maximum Gasteiger partial charge on any atom is 0.306 e. The molecule has 0 aliphatic carbocycles. The van der Waals surface area contributed by atoms with Gasteiger partial charge in [-0.05, 0) is 96.3 Å². The highest BCUT2D eigenvalue weighted by atomic mass is 16.6. The number of hydrogen-bond donors (Lipinski definition) is 0. The lowest BCUT2D eigenvalue weighted by Gasteiger charge is -2.18. The van der Waals surface area contributed by atoms with Crippen LogP contribution in [0.5, 0.6) is 0 Å². The molecule has 0 aromatic carbocycles. The van der Waals surface area contributed by atoms with Crippen LogP contribution in [0.4, 0.5) is 0 Å². The Bertz CT molecular complexity index is 1300. The van der Waals surface area contributed by atoms with Gasteiger partial charge in [0.2, 0.25) is 0 Å². The number of unbranched alkanes of at least 4 members (excludes halogenated alkanes) is 23. The lowest BCUT2D eigenvalue weighted by molar-refractivity contribution is -0.167. The zero-order valence-electron chi connectivity index (χ0n) is 41.5. The number of carbonyl (C=O) groups excluding carboxylic acids is 3. The fourth-order valence-electron chi connectivity index (χ4n) is 6.95. The van der Waals surface area contributed by atoms with E-state index >= 15 is 0 Å². The van der Waals surface area contributed by atoms with Crippen LogP contribution in [-0.4, -0.2) is 37.2 Å². The summed E-state index contributed by atoms with van der Waals surface area (Å²) in [6, 6.07) is 0. The SMILES string of the molecule is CC/C=C\C/C=C\CCCCCCCC(=O)OCC(COC(=O)CCCCCCC\C=C/C=C\C=C/C=C\CCCCC)OC(=O)CCCCC/C=C\C=C/CCCCCCCCC. The van der Waals surface area contributed by atoms with Gasteiger partial charge in [0.15, 0.2) is 6.10 Å². The first-order valence-corrected chi connectivity index (χ1v) is 26.3. The number of ether oxygens (including phenoxy) is 3. The molecular formula is C58H96O6. The summed E-state index contributed by atoms with van der Waals surface area (Å²) in [6.45, 7) is 6.42. The second-order valence-corrected chi connectivity index (χ2v) is 17.2. The zero-order chi connectivity index (χ0) is 46.5. The normalized spacial score (nSPS) is 12.9. The first kappa shape index (κ1) is 60.3. The number of allylic oxidation sites excluding steroid dienone is 16. The summed E-state index contributed by atoms with van der Waals surface area (Å²) in [7, 11) is 0. The molecule has 0 aromatic heterocycles. The number of hydrogen-bond acceptors (Lipinski definition) is 6. The molecule has 0 aliphatic heterocycles. The molecule has 0 spiro atoms. The topological polar surface area (TPSA) is 78.9 Å². The van der Waals surface area contributed by atoms with Gasteiger partial charge in [-0.15, -0.1) is 0 Å². The minimum Gasteiger partial charge on any atom is -0.462 e. The molecule has 0 bridgehead atoms. The summed E-state index contributed by atoms with van der Waals surface area (Å²) >= 11 is 0. The molecule has 0 saturated heterocycles. The van der Waals surface area contributed by atoms with Crippen LogP contribution in [0, 0.1) is 0 Å². The maximum absolute atomic E-state index is 12.8. The highest BCUT2D eigenvalue weighted by Gasteiger charge is 2.19. The van der Waals surface area contributed by atoms with Gasteiger partial charge in [-0.1, -0.05) is 214 Å². The van der Waals surface area contributed by atoms with Gasteiger partial charge < -0.3 is 14.2 Å². The molecule has 0 radical (unpaired) electrons. The van der Waals surface area contributed by atoms with Crippen LogP contribution in [0.15, 0.2) is 97.2 Å². The maximum atomic E-state index is 12.8. The van der Waals surface area contributed by atoms with Crippen LogP contribution >= 0.6 is 0 Å². The predicted octanol–water partition coefficient (Wildman–Crippen LogP) is 17.4. The molecule has 6 heteroatoms. The summed E-state index contributed by atoms with van der Waals surface area (Å²) in [5, 5.41) is 0. The van der Waals surface area contributed by atoms with E-state index in [1.54, 1.807) is 0 Å². The Balaban J connectivity index is 4.50. The molecule has 0 saturated carbocycles. The Morgan fingerprint density at radius 3 is 1.14 bits per heavy atom. The van der Waals surface area contributed by atoms with Crippen LogP contribution in [0.3, 0.4) is 0 Å². The molecule has 1 unspecified atom stereocenters. The molecule has 6 nitrogen and oxygen atoms in total. The standard InChI is InChI=1S/C58H96O6/c1-4-7-10-13-16-19-22-25-27-29-30-32-33-36-39-42-45-48-51-57(60)63-54-55(53-62-56(59)50-47-44-41-38-35-24-21-18-15-12-9-6-3)64-58(61)52-49-46-43-40-37-34-31-28-26-23-20-17-14-11-8-5-2/h9,12,16,18-19,21-22,25,27-32,34,37,55H,4-8,10-11,13-15,17,20,23-24,26,33,35-36,38-54H2,1-3H3/b12-9-,19-16-,21-18-,25-22-,29-27-,31-28-,32-30-,37-34-.